The van der Waals surface area contributed by atoms with Gasteiger partial charge in [0.25, 0.3) is 5.91 Å². The summed E-state index contributed by atoms with van der Waals surface area (Å²) in [4.78, 5) is 11.9. The number of nitrogens with one attached hydrogen (secondary N) is 1. The lowest BCUT2D eigenvalue weighted by Gasteiger charge is -2.14. The average Bonchev–Trinajstić information content (AvgIpc) is 2.55. The third kappa shape index (κ3) is 3.08. The highest BCUT2D eigenvalue weighted by Gasteiger charge is 2.12. The Balaban J connectivity index is 2.08. The van der Waals surface area contributed by atoms with Gasteiger partial charge in [0.05, 0.1) is 4.90 Å². The zero-order valence-electron chi connectivity index (χ0n) is 11.9. The van der Waals surface area contributed by atoms with Crippen LogP contribution in [0.1, 0.15) is 10.4 Å². The second-order valence-electron chi connectivity index (χ2n) is 4.93. The molecule has 6 heteroatoms. The smallest absolute Gasteiger partial charge is 0.255 e. The van der Waals surface area contributed by atoms with Gasteiger partial charge in [-0.25, -0.2) is 8.42 Å². The number of carbonyl (C=O) groups is 1. The van der Waals surface area contributed by atoms with Crippen molar-refractivity contribution in [2.75, 3.05) is 5.32 Å². The molecule has 0 unspecified atom stereocenters. The van der Waals surface area contributed by atoms with E-state index in [1.54, 1.807) is 48.5 Å². The average molecular weight is 326 g/mol. The standard InChI is InChI=1S/C17H13NO4S/c19-17(12-6-2-1-3-7-12)18-15-10-11-16(23(20,21)22)14-9-5-4-8-13(14)15/h1-11H,(H,18,19)(H,20,21,22)/p-1. The van der Waals surface area contributed by atoms with Crippen LogP contribution >= 0.6 is 0 Å². The van der Waals surface area contributed by atoms with Gasteiger partial charge in [0.1, 0.15) is 10.1 Å². The SMILES string of the molecule is O=C(Nc1ccc(S(=O)(=O)[O-])c2ccccc12)c1ccccc1. The largest absolute Gasteiger partial charge is 0.744 e. The van der Waals surface area contributed by atoms with Crippen molar-refractivity contribution in [3.63, 3.8) is 0 Å². The molecule has 0 atom stereocenters. The zero-order valence-corrected chi connectivity index (χ0v) is 12.7. The number of hydrogen-bond acceptors (Lipinski definition) is 4. The van der Waals surface area contributed by atoms with E-state index in [2.05, 4.69) is 5.32 Å². The first kappa shape index (κ1) is 15.2. The quantitative estimate of drug-likeness (QED) is 0.750. The van der Waals surface area contributed by atoms with Gasteiger partial charge < -0.3 is 9.87 Å². The highest BCUT2D eigenvalue weighted by molar-refractivity contribution is 7.86. The molecule has 1 N–H and O–H groups in total. The zero-order chi connectivity index (χ0) is 16.4. The van der Waals surface area contributed by atoms with E-state index in [4.69, 9.17) is 0 Å². The molecule has 0 bridgehead atoms. The fraction of sp³-hybridized carbons (Fsp3) is 0. The van der Waals surface area contributed by atoms with E-state index in [1.165, 1.54) is 18.2 Å². The molecule has 0 heterocycles. The number of amides is 1. The van der Waals surface area contributed by atoms with Gasteiger partial charge in [-0.1, -0.05) is 42.5 Å². The molecule has 0 radical (unpaired) electrons. The molecule has 5 nitrogen and oxygen atoms in total. The Morgan fingerprint density at radius 2 is 1.43 bits per heavy atom. The second kappa shape index (κ2) is 5.83. The summed E-state index contributed by atoms with van der Waals surface area (Å²) >= 11 is 0. The van der Waals surface area contributed by atoms with E-state index in [0.717, 1.165) is 0 Å². The summed E-state index contributed by atoms with van der Waals surface area (Å²) in [5.74, 6) is -0.312. The summed E-state index contributed by atoms with van der Waals surface area (Å²) in [5.41, 5.74) is 0.930. The molecule has 0 saturated heterocycles. The van der Waals surface area contributed by atoms with Crippen molar-refractivity contribution < 1.29 is 17.8 Å². The molecule has 0 aliphatic carbocycles. The van der Waals surface area contributed by atoms with Gasteiger partial charge in [-0.15, -0.1) is 0 Å². The van der Waals surface area contributed by atoms with Crippen LogP contribution in [0.4, 0.5) is 5.69 Å². The number of anilines is 1. The fourth-order valence-electron chi connectivity index (χ4n) is 2.38. The molecule has 0 spiro atoms. The number of hydrogen-bond donors (Lipinski definition) is 1. The van der Waals surface area contributed by atoms with Crippen molar-refractivity contribution in [2.24, 2.45) is 0 Å². The topological polar surface area (TPSA) is 86.3 Å². The first-order valence-corrected chi connectivity index (χ1v) is 8.22. The molecule has 0 aliphatic rings. The molecular weight excluding hydrogens is 314 g/mol. The van der Waals surface area contributed by atoms with Crippen LogP contribution < -0.4 is 5.32 Å². The molecule has 0 fully saturated rings. The molecule has 3 rings (SSSR count). The van der Waals surface area contributed by atoms with Crippen LogP contribution in [0.5, 0.6) is 0 Å². The Morgan fingerprint density at radius 3 is 2.09 bits per heavy atom. The van der Waals surface area contributed by atoms with Gasteiger partial charge in [0.15, 0.2) is 0 Å². The number of fused-ring (bicyclic) bond motifs is 1. The summed E-state index contributed by atoms with van der Waals surface area (Å²) in [5, 5.41) is 3.52. The molecule has 116 valence electrons. The minimum Gasteiger partial charge on any atom is -0.744 e. The fourth-order valence-corrected chi connectivity index (χ4v) is 3.06. The first-order valence-electron chi connectivity index (χ1n) is 6.81. The summed E-state index contributed by atoms with van der Waals surface area (Å²) in [7, 11) is -4.59. The van der Waals surface area contributed by atoms with Crippen molar-refractivity contribution in [2.45, 2.75) is 4.90 Å². The third-order valence-electron chi connectivity index (χ3n) is 3.44. The Kier molecular flexibility index (Phi) is 3.85. The van der Waals surface area contributed by atoms with E-state index in [-0.39, 0.29) is 16.2 Å². The third-order valence-corrected chi connectivity index (χ3v) is 4.33. The molecule has 1 amide bonds. The summed E-state index contributed by atoms with van der Waals surface area (Å²) in [6.45, 7) is 0. The van der Waals surface area contributed by atoms with Crippen molar-refractivity contribution in [3.05, 3.63) is 72.3 Å². The van der Waals surface area contributed by atoms with Crippen LogP contribution in [0.15, 0.2) is 71.6 Å². The van der Waals surface area contributed by atoms with Gasteiger partial charge in [-0.05, 0) is 24.3 Å². The molecule has 0 saturated carbocycles. The van der Waals surface area contributed by atoms with E-state index < -0.39 is 10.1 Å². The minimum absolute atomic E-state index is 0.286. The van der Waals surface area contributed by atoms with Gasteiger partial charge in [0.2, 0.25) is 0 Å². The van der Waals surface area contributed by atoms with Crippen LogP contribution in [0, 0.1) is 0 Å². The monoisotopic (exact) mass is 326 g/mol. The van der Waals surface area contributed by atoms with Crippen LogP contribution in [0.3, 0.4) is 0 Å². The maximum absolute atomic E-state index is 12.2. The van der Waals surface area contributed by atoms with Crippen LogP contribution in [-0.2, 0) is 10.1 Å². The highest BCUT2D eigenvalue weighted by Crippen LogP contribution is 2.29. The summed E-state index contributed by atoms with van der Waals surface area (Å²) in [6.07, 6.45) is 0. The summed E-state index contributed by atoms with van der Waals surface area (Å²) in [6, 6.07) is 17.8. The maximum atomic E-state index is 12.2. The van der Waals surface area contributed by atoms with Crippen LogP contribution in [0.25, 0.3) is 10.8 Å². The van der Waals surface area contributed by atoms with Crippen LogP contribution in [0.2, 0.25) is 0 Å². The molecule has 3 aromatic carbocycles. The van der Waals surface area contributed by atoms with Crippen LogP contribution in [-0.4, -0.2) is 18.9 Å². The summed E-state index contributed by atoms with van der Waals surface area (Å²) < 4.78 is 34.1. The lowest BCUT2D eigenvalue weighted by Crippen LogP contribution is -2.12. The van der Waals surface area contributed by atoms with E-state index in [0.29, 0.717) is 16.6 Å². The number of carbonyl (C=O) groups excluding carboxylic acids is 1. The van der Waals surface area contributed by atoms with Gasteiger partial charge in [-0.3, -0.25) is 4.79 Å². The normalized spacial score (nSPS) is 11.3. The lowest BCUT2D eigenvalue weighted by atomic mass is 10.1. The Hall–Kier alpha value is -2.70. The van der Waals surface area contributed by atoms with E-state index in [1.807, 2.05) is 0 Å². The van der Waals surface area contributed by atoms with Crippen molar-refractivity contribution in [1.29, 1.82) is 0 Å². The predicted octanol–water partition coefficient (Wildman–Crippen LogP) is 3.00. The van der Waals surface area contributed by atoms with Gasteiger partial charge >= 0.3 is 0 Å². The Labute approximate surface area is 133 Å². The van der Waals surface area contributed by atoms with Gasteiger partial charge in [-0.2, -0.15) is 0 Å². The highest BCUT2D eigenvalue weighted by atomic mass is 32.2. The predicted molar refractivity (Wildman–Crippen MR) is 86.3 cm³/mol. The molecular formula is C17H12NO4S-. The van der Waals surface area contributed by atoms with Crippen molar-refractivity contribution in [3.8, 4) is 0 Å². The number of benzene rings is 3. The molecule has 0 aliphatic heterocycles. The minimum atomic E-state index is -4.59. The van der Waals surface area contributed by atoms with E-state index >= 15 is 0 Å². The Bertz CT molecular complexity index is 982. The van der Waals surface area contributed by atoms with Crippen molar-refractivity contribution >= 4 is 32.5 Å². The molecule has 23 heavy (non-hydrogen) atoms. The van der Waals surface area contributed by atoms with E-state index in [9.17, 15) is 17.8 Å². The maximum Gasteiger partial charge on any atom is 0.255 e. The number of rotatable bonds is 3. The van der Waals surface area contributed by atoms with Gasteiger partial charge in [0, 0.05) is 22.0 Å². The Morgan fingerprint density at radius 1 is 0.826 bits per heavy atom. The molecule has 3 aromatic rings. The second-order valence-corrected chi connectivity index (χ2v) is 6.28. The first-order chi connectivity index (χ1) is 11.0. The molecule has 0 aromatic heterocycles. The lowest BCUT2D eigenvalue weighted by molar-refractivity contribution is 0.102. The van der Waals surface area contributed by atoms with Crippen molar-refractivity contribution in [1.82, 2.24) is 0 Å².